The number of rotatable bonds is 5. The lowest BCUT2D eigenvalue weighted by atomic mass is 10.2. The summed E-state index contributed by atoms with van der Waals surface area (Å²) in [4.78, 5) is 0. The van der Waals surface area contributed by atoms with E-state index in [1.807, 2.05) is 0 Å². The summed E-state index contributed by atoms with van der Waals surface area (Å²) in [6, 6.07) is 0. The second-order valence-corrected chi connectivity index (χ2v) is 4.57. The van der Waals surface area contributed by atoms with Gasteiger partial charge in [-0.1, -0.05) is 0 Å². The number of hydrogen-bond donors (Lipinski definition) is 1. The van der Waals surface area contributed by atoms with Gasteiger partial charge >= 0.3 is 0 Å². The quantitative estimate of drug-likeness (QED) is 0.650. The third-order valence-electron chi connectivity index (χ3n) is 1.53. The average Bonchev–Trinajstić information content (AvgIpc) is 1.96. The fourth-order valence-corrected chi connectivity index (χ4v) is 1.12. The summed E-state index contributed by atoms with van der Waals surface area (Å²) in [7, 11) is -1.82. The van der Waals surface area contributed by atoms with Gasteiger partial charge in [0.2, 0.25) is 10.0 Å². The van der Waals surface area contributed by atoms with Gasteiger partial charge in [-0.2, -0.15) is 0 Å². The summed E-state index contributed by atoms with van der Waals surface area (Å²) < 4.78 is 26.1. The highest BCUT2D eigenvalue weighted by Gasteiger charge is 2.13. The molecule has 0 aromatic carbocycles. The Hall–Kier alpha value is -0.550. The van der Waals surface area contributed by atoms with Crippen molar-refractivity contribution in [2.75, 3.05) is 7.11 Å². The van der Waals surface area contributed by atoms with Gasteiger partial charge in [-0.15, -0.1) is 0 Å². The fraction of sp³-hybridized carbons (Fsp3) is 0.714. The Morgan fingerprint density at radius 1 is 1.58 bits per heavy atom. The van der Waals surface area contributed by atoms with Crippen LogP contribution in [-0.4, -0.2) is 20.8 Å². The lowest BCUT2D eigenvalue weighted by molar-refractivity contribution is 0.336. The molecule has 0 spiro atoms. The first-order valence-corrected chi connectivity index (χ1v) is 5.29. The molecule has 72 valence electrons. The smallest absolute Gasteiger partial charge is 0.211 e. The molecule has 2 N–H and O–H groups in total. The molecule has 0 saturated heterocycles. The third kappa shape index (κ3) is 5.15. The summed E-state index contributed by atoms with van der Waals surface area (Å²) in [6.07, 6.45) is 4.47. The highest BCUT2D eigenvalue weighted by atomic mass is 32.2. The summed E-state index contributed by atoms with van der Waals surface area (Å²) >= 11 is 0. The van der Waals surface area contributed by atoms with Gasteiger partial charge in [0.05, 0.1) is 18.6 Å². The molecule has 0 aromatic rings. The molecule has 12 heavy (non-hydrogen) atoms. The molecule has 0 aromatic heterocycles. The van der Waals surface area contributed by atoms with Crippen LogP contribution in [0.1, 0.15) is 19.8 Å². The SMILES string of the molecule is COC=CCC[C@H](C)S(N)(=O)=O. The fourth-order valence-electron chi connectivity index (χ4n) is 0.659. The van der Waals surface area contributed by atoms with Gasteiger partial charge in [-0.25, -0.2) is 13.6 Å². The van der Waals surface area contributed by atoms with E-state index in [9.17, 15) is 8.42 Å². The number of primary sulfonamides is 1. The van der Waals surface area contributed by atoms with Gasteiger partial charge in [-0.3, -0.25) is 0 Å². The van der Waals surface area contributed by atoms with Gasteiger partial charge in [0, 0.05) is 0 Å². The molecule has 0 saturated carbocycles. The van der Waals surface area contributed by atoms with Crippen LogP contribution >= 0.6 is 0 Å². The van der Waals surface area contributed by atoms with E-state index in [1.165, 1.54) is 6.26 Å². The van der Waals surface area contributed by atoms with Crippen molar-refractivity contribution in [3.05, 3.63) is 12.3 Å². The molecule has 0 aliphatic carbocycles. The van der Waals surface area contributed by atoms with E-state index < -0.39 is 15.3 Å². The average molecular weight is 193 g/mol. The predicted octanol–water partition coefficient (Wildman–Crippen LogP) is 0.604. The highest BCUT2D eigenvalue weighted by molar-refractivity contribution is 7.89. The molecule has 0 heterocycles. The predicted molar refractivity (Wildman–Crippen MR) is 48.0 cm³/mol. The normalized spacial score (nSPS) is 14.9. The van der Waals surface area contributed by atoms with E-state index in [0.717, 1.165) is 0 Å². The molecular formula is C7H15NO3S. The third-order valence-corrected chi connectivity index (χ3v) is 2.89. The van der Waals surface area contributed by atoms with E-state index in [1.54, 1.807) is 20.1 Å². The Bertz CT molecular complexity index is 233. The number of sulfonamides is 1. The van der Waals surface area contributed by atoms with Crippen LogP contribution in [0.3, 0.4) is 0 Å². The Morgan fingerprint density at radius 3 is 2.58 bits per heavy atom. The first kappa shape index (κ1) is 11.4. The molecule has 0 fully saturated rings. The summed E-state index contributed by atoms with van der Waals surface area (Å²) in [5.74, 6) is 0. The lowest BCUT2D eigenvalue weighted by Crippen LogP contribution is -2.25. The maximum absolute atomic E-state index is 10.7. The van der Waals surface area contributed by atoms with Crippen molar-refractivity contribution in [2.24, 2.45) is 5.14 Å². The van der Waals surface area contributed by atoms with Crippen molar-refractivity contribution >= 4 is 10.0 Å². The zero-order valence-corrected chi connectivity index (χ0v) is 8.17. The molecule has 4 nitrogen and oxygen atoms in total. The van der Waals surface area contributed by atoms with Gasteiger partial charge in [-0.05, 0) is 25.8 Å². The molecule has 5 heteroatoms. The van der Waals surface area contributed by atoms with Gasteiger partial charge in [0.15, 0.2) is 0 Å². The summed E-state index contributed by atoms with van der Waals surface area (Å²) in [6.45, 7) is 1.59. The first-order valence-electron chi connectivity index (χ1n) is 3.68. The number of ether oxygens (including phenoxy) is 1. The van der Waals surface area contributed by atoms with Crippen LogP contribution in [0.15, 0.2) is 12.3 Å². The van der Waals surface area contributed by atoms with E-state index >= 15 is 0 Å². The number of allylic oxidation sites excluding steroid dienone is 1. The minimum Gasteiger partial charge on any atom is -0.505 e. The van der Waals surface area contributed by atoms with E-state index in [-0.39, 0.29) is 0 Å². The topological polar surface area (TPSA) is 69.4 Å². The summed E-state index contributed by atoms with van der Waals surface area (Å²) in [5.41, 5.74) is 0. The number of nitrogens with two attached hydrogens (primary N) is 1. The van der Waals surface area contributed by atoms with Gasteiger partial charge in [0.25, 0.3) is 0 Å². The van der Waals surface area contributed by atoms with Crippen molar-refractivity contribution in [3.8, 4) is 0 Å². The molecule has 0 radical (unpaired) electrons. The van der Waals surface area contributed by atoms with Crippen LogP contribution < -0.4 is 5.14 Å². The monoisotopic (exact) mass is 193 g/mol. The van der Waals surface area contributed by atoms with Gasteiger partial charge in [0.1, 0.15) is 0 Å². The van der Waals surface area contributed by atoms with Crippen LogP contribution in [0.25, 0.3) is 0 Å². The molecule has 0 aliphatic rings. The Kier molecular flexibility index (Phi) is 4.92. The standard InChI is InChI=1S/C7H15NO3S/c1-7(12(8,9)10)5-3-4-6-11-2/h4,6-7H,3,5H2,1-2H3,(H2,8,9,10)/t7-/m0/s1. The second-order valence-electron chi connectivity index (χ2n) is 2.58. The molecule has 0 amide bonds. The van der Waals surface area contributed by atoms with Crippen molar-refractivity contribution < 1.29 is 13.2 Å². The summed E-state index contributed by atoms with van der Waals surface area (Å²) in [5, 5.41) is 4.42. The van der Waals surface area contributed by atoms with Crippen molar-refractivity contribution in [1.29, 1.82) is 0 Å². The van der Waals surface area contributed by atoms with Gasteiger partial charge < -0.3 is 4.74 Å². The zero-order chi connectivity index (χ0) is 9.61. The number of methoxy groups -OCH3 is 1. The van der Waals surface area contributed by atoms with E-state index in [4.69, 9.17) is 5.14 Å². The molecule has 0 bridgehead atoms. The molecule has 0 aliphatic heterocycles. The Labute approximate surface area is 73.5 Å². The van der Waals surface area contributed by atoms with E-state index in [2.05, 4.69) is 4.74 Å². The van der Waals surface area contributed by atoms with Crippen molar-refractivity contribution in [3.63, 3.8) is 0 Å². The minimum absolute atomic E-state index is 0.487. The van der Waals surface area contributed by atoms with Crippen molar-refractivity contribution in [1.82, 2.24) is 0 Å². The Morgan fingerprint density at radius 2 is 2.17 bits per heavy atom. The van der Waals surface area contributed by atoms with Crippen LogP contribution in [0.5, 0.6) is 0 Å². The maximum atomic E-state index is 10.7. The van der Waals surface area contributed by atoms with Crippen LogP contribution in [0.2, 0.25) is 0 Å². The van der Waals surface area contributed by atoms with Crippen LogP contribution in [0.4, 0.5) is 0 Å². The van der Waals surface area contributed by atoms with E-state index in [0.29, 0.717) is 12.8 Å². The second kappa shape index (κ2) is 5.16. The molecule has 1 atom stereocenters. The first-order chi connectivity index (χ1) is 5.48. The van der Waals surface area contributed by atoms with Crippen LogP contribution in [0, 0.1) is 0 Å². The maximum Gasteiger partial charge on any atom is 0.211 e. The zero-order valence-electron chi connectivity index (χ0n) is 7.36. The Balaban J connectivity index is 3.73. The lowest BCUT2D eigenvalue weighted by Gasteiger charge is -2.05. The molecule has 0 rings (SSSR count). The molecule has 0 unspecified atom stereocenters. The van der Waals surface area contributed by atoms with Crippen molar-refractivity contribution in [2.45, 2.75) is 25.0 Å². The van der Waals surface area contributed by atoms with Crippen LogP contribution in [-0.2, 0) is 14.8 Å². The highest BCUT2D eigenvalue weighted by Crippen LogP contribution is 2.04. The molecular weight excluding hydrogens is 178 g/mol. The largest absolute Gasteiger partial charge is 0.505 e. The minimum atomic E-state index is -3.36. The number of hydrogen-bond acceptors (Lipinski definition) is 3.